The van der Waals surface area contributed by atoms with Crippen molar-refractivity contribution in [3.63, 3.8) is 0 Å². The zero-order valence-corrected chi connectivity index (χ0v) is 13.0. The number of nitrogens with zero attached hydrogens (tertiary/aromatic N) is 2. The maximum absolute atomic E-state index is 11.7. The quantitative estimate of drug-likeness (QED) is 0.652. The fraction of sp³-hybridized carbons (Fsp3) is 0. The number of aromatic hydroxyl groups is 1. The monoisotopic (exact) mass is 341 g/mol. The third-order valence-corrected chi connectivity index (χ3v) is 4.00. The molecule has 8 heteroatoms. The van der Waals surface area contributed by atoms with E-state index >= 15 is 0 Å². The second-order valence-electron chi connectivity index (χ2n) is 4.82. The number of non-ortho nitro benzene ring substituents is 1. The van der Waals surface area contributed by atoms with Crippen molar-refractivity contribution in [1.29, 1.82) is 0 Å². The minimum Gasteiger partial charge on any atom is -0.507 e. The lowest BCUT2D eigenvalue weighted by atomic mass is 10.2. The molecule has 0 aromatic heterocycles. The number of para-hydroxylation sites is 1. The van der Waals surface area contributed by atoms with Crippen LogP contribution in [0.1, 0.15) is 5.56 Å². The summed E-state index contributed by atoms with van der Waals surface area (Å²) in [5.41, 5.74) is 1.00. The zero-order valence-electron chi connectivity index (χ0n) is 12.2. The number of nitro groups is 1. The first-order valence-corrected chi connectivity index (χ1v) is 7.66. The van der Waals surface area contributed by atoms with Crippen molar-refractivity contribution in [3.8, 4) is 5.75 Å². The molecule has 1 saturated heterocycles. The number of amides is 1. The Morgan fingerprint density at radius 1 is 1.17 bits per heavy atom. The van der Waals surface area contributed by atoms with Gasteiger partial charge in [0.2, 0.25) is 0 Å². The van der Waals surface area contributed by atoms with Gasteiger partial charge in [0.1, 0.15) is 11.6 Å². The van der Waals surface area contributed by atoms with Crippen LogP contribution in [0.5, 0.6) is 5.75 Å². The Hall–Kier alpha value is -3.13. The molecule has 0 spiro atoms. The topological polar surface area (TPSA) is 105 Å². The van der Waals surface area contributed by atoms with Gasteiger partial charge in [-0.3, -0.25) is 14.9 Å². The standard InChI is InChI=1S/C16H11N3O4S/c20-13-4-2-1-3-10(13)9-14-15(18-16(21)24-14)17-11-5-7-12(8-6-11)19(22)23/h1-9,20H,(H,17,18,21)/b14-9-. The van der Waals surface area contributed by atoms with Crippen LogP contribution in [0.4, 0.5) is 16.2 Å². The summed E-state index contributed by atoms with van der Waals surface area (Å²) in [6, 6.07) is 12.4. The van der Waals surface area contributed by atoms with Crippen LogP contribution < -0.4 is 5.32 Å². The molecule has 1 fully saturated rings. The third kappa shape index (κ3) is 3.44. The second-order valence-corrected chi connectivity index (χ2v) is 5.83. The Morgan fingerprint density at radius 3 is 2.54 bits per heavy atom. The SMILES string of the molecule is O=C1NC(=Nc2ccc([N+](=O)[O-])cc2)/C(=C/c2ccccc2O)S1. The number of phenolic OH excluding ortho intramolecular Hbond substituents is 1. The lowest BCUT2D eigenvalue weighted by Crippen LogP contribution is -2.18. The minimum absolute atomic E-state index is 0.0336. The predicted octanol–water partition coefficient (Wildman–Crippen LogP) is 3.83. The average molecular weight is 341 g/mol. The van der Waals surface area contributed by atoms with Gasteiger partial charge >= 0.3 is 0 Å². The molecule has 1 amide bonds. The number of aliphatic imine (C=N–C) groups is 1. The number of nitrogens with one attached hydrogen (secondary N) is 1. The number of hydrogen-bond acceptors (Lipinski definition) is 6. The molecule has 7 nitrogen and oxygen atoms in total. The van der Waals surface area contributed by atoms with Crippen LogP contribution in [-0.2, 0) is 0 Å². The molecule has 1 heterocycles. The summed E-state index contributed by atoms with van der Waals surface area (Å²) in [4.78, 5) is 26.7. The highest BCUT2D eigenvalue weighted by atomic mass is 32.2. The van der Waals surface area contributed by atoms with Crippen molar-refractivity contribution >= 4 is 40.3 Å². The number of amidine groups is 1. The van der Waals surface area contributed by atoms with Crippen LogP contribution in [0.3, 0.4) is 0 Å². The number of nitro benzene ring substituents is 1. The lowest BCUT2D eigenvalue weighted by molar-refractivity contribution is -0.384. The van der Waals surface area contributed by atoms with Crippen LogP contribution in [0.15, 0.2) is 58.4 Å². The van der Waals surface area contributed by atoms with Crippen LogP contribution in [0.25, 0.3) is 6.08 Å². The van der Waals surface area contributed by atoms with Gasteiger partial charge in [-0.1, -0.05) is 18.2 Å². The molecular weight excluding hydrogens is 330 g/mol. The first kappa shape index (κ1) is 15.8. The van der Waals surface area contributed by atoms with Crippen LogP contribution in [-0.4, -0.2) is 21.1 Å². The van der Waals surface area contributed by atoms with Gasteiger partial charge < -0.3 is 10.4 Å². The molecule has 2 N–H and O–H groups in total. The van der Waals surface area contributed by atoms with Gasteiger partial charge in [0, 0.05) is 17.7 Å². The largest absolute Gasteiger partial charge is 0.507 e. The average Bonchev–Trinajstić information content (AvgIpc) is 2.89. The van der Waals surface area contributed by atoms with Gasteiger partial charge in [-0.25, -0.2) is 4.99 Å². The Labute approximate surface area is 140 Å². The molecule has 0 bridgehead atoms. The Kier molecular flexibility index (Phi) is 4.30. The number of rotatable bonds is 3. The highest BCUT2D eigenvalue weighted by Crippen LogP contribution is 2.30. The van der Waals surface area contributed by atoms with E-state index in [0.717, 1.165) is 11.8 Å². The number of hydrogen-bond donors (Lipinski definition) is 2. The summed E-state index contributed by atoms with van der Waals surface area (Å²) in [6.07, 6.45) is 1.65. The fourth-order valence-electron chi connectivity index (χ4n) is 2.04. The Bertz CT molecular complexity index is 875. The van der Waals surface area contributed by atoms with Crippen LogP contribution in [0, 0.1) is 10.1 Å². The number of benzene rings is 2. The molecule has 0 aliphatic carbocycles. The maximum atomic E-state index is 11.7. The predicted molar refractivity (Wildman–Crippen MR) is 92.4 cm³/mol. The van der Waals surface area contributed by atoms with E-state index in [9.17, 15) is 20.0 Å². The van der Waals surface area contributed by atoms with Gasteiger partial charge in [-0.05, 0) is 36.0 Å². The summed E-state index contributed by atoms with van der Waals surface area (Å²) < 4.78 is 0. The lowest BCUT2D eigenvalue weighted by Gasteiger charge is -2.01. The molecule has 2 aromatic carbocycles. The number of carbonyl (C=O) groups is 1. The van der Waals surface area contributed by atoms with E-state index in [1.165, 1.54) is 24.3 Å². The molecule has 1 aliphatic rings. The summed E-state index contributed by atoms with van der Waals surface area (Å²) in [7, 11) is 0. The van der Waals surface area contributed by atoms with Crippen LogP contribution >= 0.6 is 11.8 Å². The highest BCUT2D eigenvalue weighted by molar-refractivity contribution is 8.18. The van der Waals surface area contributed by atoms with Gasteiger partial charge in [0.25, 0.3) is 10.9 Å². The van der Waals surface area contributed by atoms with Crippen LogP contribution in [0.2, 0.25) is 0 Å². The third-order valence-electron chi connectivity index (χ3n) is 3.18. The number of thioether (sulfide) groups is 1. The van der Waals surface area contributed by atoms with Gasteiger partial charge in [-0.2, -0.15) is 0 Å². The van der Waals surface area contributed by atoms with Crippen molar-refractivity contribution in [2.24, 2.45) is 4.99 Å². The molecule has 0 radical (unpaired) electrons. The molecule has 24 heavy (non-hydrogen) atoms. The Balaban J connectivity index is 1.94. The van der Waals surface area contributed by atoms with Gasteiger partial charge in [0.05, 0.1) is 15.5 Å². The minimum atomic E-state index is -0.492. The van der Waals surface area contributed by atoms with Crippen molar-refractivity contribution in [2.45, 2.75) is 0 Å². The molecule has 1 aliphatic heterocycles. The molecular formula is C16H11N3O4S. The molecule has 0 atom stereocenters. The second kappa shape index (κ2) is 6.55. The van der Waals surface area contributed by atoms with Crippen molar-refractivity contribution in [1.82, 2.24) is 5.32 Å². The summed E-state index contributed by atoms with van der Waals surface area (Å²) >= 11 is 0.965. The van der Waals surface area contributed by atoms with E-state index in [-0.39, 0.29) is 16.7 Å². The van der Waals surface area contributed by atoms with E-state index in [4.69, 9.17) is 0 Å². The van der Waals surface area contributed by atoms with Crippen molar-refractivity contribution in [3.05, 3.63) is 69.1 Å². The molecule has 0 saturated carbocycles. The van der Waals surface area contributed by atoms with Gasteiger partial charge in [-0.15, -0.1) is 0 Å². The smallest absolute Gasteiger partial charge is 0.289 e. The summed E-state index contributed by atoms with van der Waals surface area (Å²) in [5, 5.41) is 22.8. The van der Waals surface area contributed by atoms with Crippen molar-refractivity contribution in [2.75, 3.05) is 0 Å². The maximum Gasteiger partial charge on any atom is 0.289 e. The van der Waals surface area contributed by atoms with Gasteiger partial charge in [0.15, 0.2) is 0 Å². The fourth-order valence-corrected chi connectivity index (χ4v) is 2.77. The van der Waals surface area contributed by atoms with Crippen molar-refractivity contribution < 1.29 is 14.8 Å². The Morgan fingerprint density at radius 2 is 1.88 bits per heavy atom. The number of phenols is 1. The molecule has 0 unspecified atom stereocenters. The van der Waals surface area contributed by atoms with E-state index in [1.807, 2.05) is 0 Å². The molecule has 2 aromatic rings. The first-order chi connectivity index (χ1) is 11.5. The zero-order chi connectivity index (χ0) is 17.1. The number of carbonyl (C=O) groups excluding carboxylic acids is 1. The van der Waals surface area contributed by atoms with E-state index in [0.29, 0.717) is 22.0 Å². The first-order valence-electron chi connectivity index (χ1n) is 6.85. The normalized spacial score (nSPS) is 17.2. The highest BCUT2D eigenvalue weighted by Gasteiger charge is 2.24. The van der Waals surface area contributed by atoms with E-state index in [2.05, 4.69) is 10.3 Å². The molecule has 3 rings (SSSR count). The van der Waals surface area contributed by atoms with E-state index in [1.54, 1.807) is 30.3 Å². The summed E-state index contributed by atoms with van der Waals surface area (Å²) in [5.74, 6) is 0.432. The van der Waals surface area contributed by atoms with E-state index < -0.39 is 4.92 Å². The summed E-state index contributed by atoms with van der Waals surface area (Å²) in [6.45, 7) is 0. The molecule has 120 valence electrons.